The Morgan fingerprint density at radius 3 is 0.966 bits per heavy atom. The summed E-state index contributed by atoms with van der Waals surface area (Å²) in [4.78, 5) is 34.6. The van der Waals surface area contributed by atoms with E-state index in [9.17, 15) is 29.3 Å². The van der Waals surface area contributed by atoms with Crippen LogP contribution in [0.1, 0.15) is 245 Å². The molecule has 0 radical (unpaired) electrons. The number of phosphoric ester groups is 1. The molecule has 0 fully saturated rings. The Kier molecular flexibility index (Phi) is 43.8. The van der Waals surface area contributed by atoms with Crippen LogP contribution in [0.15, 0.2) is 12.2 Å². The highest BCUT2D eigenvalue weighted by atomic mass is 31.2. The van der Waals surface area contributed by atoms with Crippen LogP contribution in [-0.2, 0) is 32.7 Å². The molecule has 0 aliphatic heterocycles. The third-order valence-corrected chi connectivity index (χ3v) is 11.9. The zero-order valence-electron chi connectivity index (χ0n) is 38.2. The Morgan fingerprint density at radius 1 is 0.441 bits per heavy atom. The highest BCUT2D eigenvalue weighted by molar-refractivity contribution is 7.47. The van der Waals surface area contributed by atoms with E-state index in [4.69, 9.17) is 18.5 Å². The summed E-state index contributed by atoms with van der Waals surface area (Å²) in [7, 11) is -4.63. The van der Waals surface area contributed by atoms with E-state index in [2.05, 4.69) is 26.0 Å². The fraction of sp³-hybridized carbons (Fsp3) is 0.917. The molecule has 3 N–H and O–H groups in total. The lowest BCUT2D eigenvalue weighted by molar-refractivity contribution is -0.153. The predicted octanol–water partition coefficient (Wildman–Crippen LogP) is 13.6. The zero-order chi connectivity index (χ0) is 43.3. The minimum atomic E-state index is -4.63. The highest BCUT2D eigenvalue weighted by Gasteiger charge is 2.27. The average Bonchev–Trinajstić information content (AvgIpc) is 3.22. The molecular formula is C48H93O10P. The number of unbranched alkanes of at least 4 members (excludes halogenated alkanes) is 31. The van der Waals surface area contributed by atoms with Crippen LogP contribution >= 0.6 is 7.82 Å². The average molecular weight is 861 g/mol. The molecule has 11 heteroatoms. The van der Waals surface area contributed by atoms with E-state index in [-0.39, 0.29) is 12.8 Å². The normalized spacial score (nSPS) is 13.8. The van der Waals surface area contributed by atoms with E-state index in [1.165, 1.54) is 167 Å². The van der Waals surface area contributed by atoms with E-state index in [0.29, 0.717) is 12.8 Å². The van der Waals surface area contributed by atoms with Gasteiger partial charge in [0.15, 0.2) is 0 Å². The Bertz CT molecular complexity index is 993. The summed E-state index contributed by atoms with van der Waals surface area (Å²) in [5, 5.41) is 19.2. The number of phosphoric acid groups is 1. The van der Waals surface area contributed by atoms with E-state index in [0.717, 1.165) is 38.5 Å². The van der Waals surface area contributed by atoms with Gasteiger partial charge in [0.2, 0.25) is 0 Å². The summed E-state index contributed by atoms with van der Waals surface area (Å²) in [6.45, 7) is 2.25. The highest BCUT2D eigenvalue weighted by Crippen LogP contribution is 2.43. The molecule has 0 saturated carbocycles. The molecule has 0 aliphatic rings. The lowest BCUT2D eigenvalue weighted by Gasteiger charge is -2.20. The van der Waals surface area contributed by atoms with Crippen LogP contribution in [0, 0.1) is 0 Å². The molecule has 3 unspecified atom stereocenters. The Balaban J connectivity index is 3.82. The molecule has 0 heterocycles. The molecule has 0 aliphatic carbocycles. The summed E-state index contributed by atoms with van der Waals surface area (Å²) >= 11 is 0. The van der Waals surface area contributed by atoms with Gasteiger partial charge in [-0.1, -0.05) is 206 Å². The SMILES string of the molecule is CCCCCCCCCC/C=C\CCCCCCCCCCCC(=O)OC(CO)COP(=O)(O)OCC(CO)OC(=O)CCCCCCCCCCCCCCCCC. The molecule has 59 heavy (non-hydrogen) atoms. The zero-order valence-corrected chi connectivity index (χ0v) is 39.1. The van der Waals surface area contributed by atoms with Crippen molar-refractivity contribution in [1.82, 2.24) is 0 Å². The Hall–Kier alpha value is -1.29. The van der Waals surface area contributed by atoms with Crippen LogP contribution in [0.4, 0.5) is 0 Å². The van der Waals surface area contributed by atoms with Crippen LogP contribution in [-0.4, -0.2) is 65.7 Å². The van der Waals surface area contributed by atoms with Crippen molar-refractivity contribution in [2.45, 2.75) is 257 Å². The summed E-state index contributed by atoms with van der Waals surface area (Å²) < 4.78 is 32.7. The molecule has 0 spiro atoms. The quantitative estimate of drug-likeness (QED) is 0.0234. The third kappa shape index (κ3) is 43.2. The first kappa shape index (κ1) is 57.7. The first-order valence-corrected chi connectivity index (χ1v) is 26.1. The van der Waals surface area contributed by atoms with Crippen molar-refractivity contribution in [3.05, 3.63) is 12.2 Å². The lowest BCUT2D eigenvalue weighted by atomic mass is 10.0. The minimum absolute atomic E-state index is 0.194. The number of hydrogen-bond donors (Lipinski definition) is 3. The van der Waals surface area contributed by atoms with Gasteiger partial charge in [0, 0.05) is 12.8 Å². The monoisotopic (exact) mass is 861 g/mol. The molecule has 0 amide bonds. The second-order valence-corrected chi connectivity index (χ2v) is 18.3. The lowest BCUT2D eigenvalue weighted by Crippen LogP contribution is -2.28. The van der Waals surface area contributed by atoms with Crippen LogP contribution < -0.4 is 0 Å². The topological polar surface area (TPSA) is 149 Å². The molecule has 0 aromatic carbocycles. The second kappa shape index (κ2) is 44.8. The van der Waals surface area contributed by atoms with Crippen molar-refractivity contribution in [1.29, 1.82) is 0 Å². The molecule has 10 nitrogen and oxygen atoms in total. The maximum Gasteiger partial charge on any atom is 0.472 e. The fourth-order valence-electron chi connectivity index (χ4n) is 7.17. The summed E-state index contributed by atoms with van der Waals surface area (Å²) in [5.74, 6) is -1.01. The van der Waals surface area contributed by atoms with Gasteiger partial charge in [0.1, 0.15) is 12.2 Å². The van der Waals surface area contributed by atoms with Gasteiger partial charge in [-0.05, 0) is 38.5 Å². The van der Waals surface area contributed by atoms with Crippen LogP contribution in [0.5, 0.6) is 0 Å². The fourth-order valence-corrected chi connectivity index (χ4v) is 7.95. The number of ether oxygens (including phenoxy) is 2. The Labute approximate surface area is 362 Å². The minimum Gasteiger partial charge on any atom is -0.457 e. The first-order valence-electron chi connectivity index (χ1n) is 24.6. The number of aliphatic hydroxyl groups excluding tert-OH is 2. The molecule has 0 saturated heterocycles. The molecular weight excluding hydrogens is 767 g/mol. The molecule has 3 atom stereocenters. The van der Waals surface area contributed by atoms with E-state index < -0.39 is 58.4 Å². The van der Waals surface area contributed by atoms with Gasteiger partial charge in [-0.25, -0.2) is 4.57 Å². The maximum absolute atomic E-state index is 12.4. The van der Waals surface area contributed by atoms with E-state index >= 15 is 0 Å². The van der Waals surface area contributed by atoms with Gasteiger partial charge >= 0.3 is 19.8 Å². The number of carbonyl (C=O) groups excluding carboxylic acids is 2. The van der Waals surface area contributed by atoms with Crippen molar-refractivity contribution >= 4 is 19.8 Å². The number of aliphatic hydroxyl groups is 2. The summed E-state index contributed by atoms with van der Waals surface area (Å²) in [5.41, 5.74) is 0. The van der Waals surface area contributed by atoms with Gasteiger partial charge in [-0.3, -0.25) is 18.6 Å². The van der Waals surface area contributed by atoms with Crippen molar-refractivity contribution in [3.8, 4) is 0 Å². The Morgan fingerprint density at radius 2 is 0.695 bits per heavy atom. The van der Waals surface area contributed by atoms with Crippen LogP contribution in [0.25, 0.3) is 0 Å². The standard InChI is InChI=1S/C48H93O10P/c1-3-5-7-9-11-13-15-17-19-20-21-22-23-24-26-28-30-32-34-36-38-40-48(52)58-46(42-50)44-56-59(53,54)55-43-45(41-49)57-47(51)39-37-35-33-31-29-27-25-18-16-14-12-10-8-6-4-2/h20-21,45-46,49-50H,3-19,22-44H2,1-2H3,(H,53,54)/b21-20-. The maximum atomic E-state index is 12.4. The molecule has 0 aromatic heterocycles. The molecule has 0 aromatic rings. The number of carbonyl (C=O) groups is 2. The number of rotatable bonds is 47. The number of esters is 2. The van der Waals surface area contributed by atoms with Crippen LogP contribution in [0.2, 0.25) is 0 Å². The van der Waals surface area contributed by atoms with Gasteiger partial charge in [0.05, 0.1) is 26.4 Å². The molecule has 0 rings (SSSR count). The van der Waals surface area contributed by atoms with Crippen molar-refractivity contribution in [2.75, 3.05) is 26.4 Å². The first-order chi connectivity index (χ1) is 28.8. The molecule has 350 valence electrons. The second-order valence-electron chi connectivity index (χ2n) is 16.8. The largest absolute Gasteiger partial charge is 0.472 e. The van der Waals surface area contributed by atoms with Crippen molar-refractivity contribution in [3.63, 3.8) is 0 Å². The molecule has 0 bridgehead atoms. The number of hydrogen-bond acceptors (Lipinski definition) is 9. The van der Waals surface area contributed by atoms with E-state index in [1.54, 1.807) is 0 Å². The van der Waals surface area contributed by atoms with Crippen molar-refractivity contribution < 1.29 is 47.8 Å². The van der Waals surface area contributed by atoms with Crippen molar-refractivity contribution in [2.24, 2.45) is 0 Å². The van der Waals surface area contributed by atoms with Gasteiger partial charge in [0.25, 0.3) is 0 Å². The smallest absolute Gasteiger partial charge is 0.457 e. The van der Waals surface area contributed by atoms with Crippen LogP contribution in [0.3, 0.4) is 0 Å². The third-order valence-electron chi connectivity index (χ3n) is 11.0. The summed E-state index contributed by atoms with van der Waals surface area (Å²) in [6.07, 6.45) is 44.7. The summed E-state index contributed by atoms with van der Waals surface area (Å²) in [6, 6.07) is 0. The predicted molar refractivity (Wildman–Crippen MR) is 242 cm³/mol. The van der Waals surface area contributed by atoms with Gasteiger partial charge in [-0.15, -0.1) is 0 Å². The van der Waals surface area contributed by atoms with Gasteiger partial charge < -0.3 is 24.6 Å². The van der Waals surface area contributed by atoms with Gasteiger partial charge in [-0.2, -0.15) is 0 Å². The number of allylic oxidation sites excluding steroid dienone is 2. The van der Waals surface area contributed by atoms with E-state index in [1.807, 2.05) is 0 Å².